The molecule has 0 aliphatic heterocycles. The fourth-order valence-corrected chi connectivity index (χ4v) is 0. The van der Waals surface area contributed by atoms with Gasteiger partial charge in [0.15, 0.2) is 0 Å². The summed E-state index contributed by atoms with van der Waals surface area (Å²) in [6, 6.07) is 0. The van der Waals surface area contributed by atoms with Crippen LogP contribution in [0.1, 0.15) is 0 Å². The van der Waals surface area contributed by atoms with Crippen LogP contribution in [0, 0.1) is 0 Å². The van der Waals surface area contributed by atoms with Gasteiger partial charge in [-0.15, -0.1) is 0 Å². The third-order valence-electron chi connectivity index (χ3n) is 0. The molecule has 0 atom stereocenters. The summed E-state index contributed by atoms with van der Waals surface area (Å²) in [5.41, 5.74) is 0. The minimum atomic E-state index is 0. The quantitative estimate of drug-likeness (QED) is 0.491. The third kappa shape index (κ3) is 88.6. The molecular formula is Al2O4Pb. The van der Waals surface area contributed by atoms with Gasteiger partial charge in [-0.2, -0.15) is 0 Å². The summed E-state index contributed by atoms with van der Waals surface area (Å²) in [4.78, 5) is 0. The Bertz CT molecular complexity index is 9.65. The first-order valence-corrected chi connectivity index (χ1v) is 1.79. The summed E-state index contributed by atoms with van der Waals surface area (Å²) in [5, 5.41) is 0. The van der Waals surface area contributed by atoms with E-state index in [-0.39, 0.29) is 76.9 Å². The molecule has 0 rings (SSSR count). The second-order valence-electron chi connectivity index (χ2n) is 0. The monoisotopic (exact) mass is 326 g/mol. The normalized spacial score (nSPS) is 0.571. The maximum atomic E-state index is 8.39. The molecule has 0 aliphatic rings. The van der Waals surface area contributed by atoms with Crippen LogP contribution in [0.3, 0.4) is 0 Å². The first-order chi connectivity index (χ1) is 1.00. The van der Waals surface area contributed by atoms with Gasteiger partial charge in [-0.05, 0) is 0 Å². The molecule has 2 radical (unpaired) electrons. The van der Waals surface area contributed by atoms with Crippen LogP contribution in [0.4, 0.5) is 0 Å². The van der Waals surface area contributed by atoms with E-state index >= 15 is 0 Å². The first-order valence-electron chi connectivity index (χ1n) is 0.204. The predicted octanol–water partition coefficient (Wildman–Crippen LogP) is -1.62. The van der Waals surface area contributed by atoms with Crippen LogP contribution < -0.4 is 0 Å². The van der Waals surface area contributed by atoms with Crippen molar-refractivity contribution in [3.05, 3.63) is 0 Å². The van der Waals surface area contributed by atoms with Crippen LogP contribution in [-0.4, -0.2) is 60.5 Å². The zero-order valence-electron chi connectivity index (χ0n) is 3.29. The summed E-state index contributed by atoms with van der Waals surface area (Å²) < 4.78 is 8.39. The summed E-state index contributed by atoms with van der Waals surface area (Å²) in [7, 11) is 0. The number of hydrogen-bond donors (Lipinski definition) is 0. The van der Waals surface area contributed by atoms with Crippen LogP contribution in [-0.2, 0) is 19.1 Å². The zero-order valence-corrected chi connectivity index (χ0v) is 9.48. The SMILES string of the molecule is [Al+3].[Al+3].[O-2].[O-2].[O-2].[O]=[Pb]. The molecule has 0 saturated heterocycles. The van der Waals surface area contributed by atoms with Crippen molar-refractivity contribution in [2.45, 2.75) is 0 Å². The van der Waals surface area contributed by atoms with Crippen molar-refractivity contribution in [2.75, 3.05) is 0 Å². The average Bonchev–Trinajstić information content (AvgIpc) is 1.00. The van der Waals surface area contributed by atoms with E-state index in [1.54, 1.807) is 0 Å². The van der Waals surface area contributed by atoms with Gasteiger partial charge in [-0.1, -0.05) is 0 Å². The molecule has 0 aliphatic carbocycles. The van der Waals surface area contributed by atoms with E-state index in [4.69, 9.17) is 2.69 Å². The average molecular weight is 325 g/mol. The minimum absolute atomic E-state index is 0. The Hall–Kier alpha value is 1.67. The molecule has 0 bridgehead atoms. The Balaban J connectivity index is -0.000000000500. The van der Waals surface area contributed by atoms with Crippen LogP contribution in [0.25, 0.3) is 0 Å². The van der Waals surface area contributed by atoms with Gasteiger partial charge in [-0.25, -0.2) is 0 Å². The van der Waals surface area contributed by atoms with Crippen molar-refractivity contribution in [3.63, 3.8) is 0 Å². The topological polar surface area (TPSA) is 103 Å². The van der Waals surface area contributed by atoms with Gasteiger partial charge in [0.1, 0.15) is 0 Å². The second-order valence-corrected chi connectivity index (χ2v) is 0. The van der Waals surface area contributed by atoms with Crippen molar-refractivity contribution in [1.82, 2.24) is 0 Å². The van der Waals surface area contributed by atoms with E-state index < -0.39 is 0 Å². The molecule has 7 heavy (non-hydrogen) atoms. The Morgan fingerprint density at radius 2 is 0.714 bits per heavy atom. The van der Waals surface area contributed by atoms with Crippen molar-refractivity contribution in [3.8, 4) is 0 Å². The van der Waals surface area contributed by atoms with E-state index in [1.165, 1.54) is 0 Å². The molecule has 0 unspecified atom stereocenters. The van der Waals surface area contributed by atoms with E-state index in [0.717, 1.165) is 0 Å². The molecule has 7 heteroatoms. The first kappa shape index (κ1) is 71.6. The van der Waals surface area contributed by atoms with Gasteiger partial charge in [-0.3, -0.25) is 0 Å². The van der Waals surface area contributed by atoms with Crippen molar-refractivity contribution >= 4 is 60.5 Å². The zero-order chi connectivity index (χ0) is 2.00. The van der Waals surface area contributed by atoms with Crippen LogP contribution in [0.15, 0.2) is 0 Å². The molecule has 0 aromatic rings. The molecule has 0 aromatic carbocycles. The summed E-state index contributed by atoms with van der Waals surface area (Å²) in [6.45, 7) is 0. The standard InChI is InChI=1S/2Al.4O.Pb/q2*+3;;3*-2;. The molecule has 0 spiro atoms. The molecular weight excluding hydrogens is 325 g/mol. The van der Waals surface area contributed by atoms with Gasteiger partial charge in [0.2, 0.25) is 0 Å². The van der Waals surface area contributed by atoms with Gasteiger partial charge < -0.3 is 16.4 Å². The molecule has 34 valence electrons. The number of hydrogen-bond acceptors (Lipinski definition) is 1. The van der Waals surface area contributed by atoms with E-state index in [9.17, 15) is 0 Å². The van der Waals surface area contributed by atoms with Crippen molar-refractivity contribution < 1.29 is 19.1 Å². The Morgan fingerprint density at radius 3 is 0.714 bits per heavy atom. The predicted molar refractivity (Wildman–Crippen MR) is 20.0 cm³/mol. The molecule has 0 aromatic heterocycles. The van der Waals surface area contributed by atoms with Gasteiger partial charge in [0.05, 0.1) is 0 Å². The van der Waals surface area contributed by atoms with Gasteiger partial charge in [0, 0.05) is 0 Å². The molecule has 0 amide bonds. The molecule has 0 saturated carbocycles. The molecule has 0 fully saturated rings. The second kappa shape index (κ2) is 123. The molecule has 0 N–H and O–H groups in total. The van der Waals surface area contributed by atoms with Gasteiger partial charge in [0.25, 0.3) is 0 Å². The Kier molecular flexibility index (Phi) is 1250. The van der Waals surface area contributed by atoms with Crippen molar-refractivity contribution in [1.29, 1.82) is 0 Å². The van der Waals surface area contributed by atoms with Crippen LogP contribution in [0.2, 0.25) is 0 Å². The van der Waals surface area contributed by atoms with Crippen LogP contribution in [0.5, 0.6) is 0 Å². The number of rotatable bonds is 0. The summed E-state index contributed by atoms with van der Waals surface area (Å²) in [5.74, 6) is 0. The molecule has 4 nitrogen and oxygen atoms in total. The molecule has 0 heterocycles. The van der Waals surface area contributed by atoms with E-state index in [0.29, 0.717) is 0 Å². The Labute approximate surface area is 79.0 Å². The van der Waals surface area contributed by atoms with Gasteiger partial charge >= 0.3 is 63.2 Å². The fourth-order valence-electron chi connectivity index (χ4n) is 0. The van der Waals surface area contributed by atoms with Crippen LogP contribution >= 0.6 is 0 Å². The summed E-state index contributed by atoms with van der Waals surface area (Å²) >= 11 is 0.0556. The van der Waals surface area contributed by atoms with E-state index in [2.05, 4.69) is 0 Å². The Morgan fingerprint density at radius 1 is 0.714 bits per heavy atom. The summed E-state index contributed by atoms with van der Waals surface area (Å²) in [6.07, 6.45) is 0. The third-order valence-corrected chi connectivity index (χ3v) is 0. The fraction of sp³-hybridized carbons (Fsp3) is 0. The van der Waals surface area contributed by atoms with E-state index in [1.807, 2.05) is 0 Å². The van der Waals surface area contributed by atoms with Crippen molar-refractivity contribution in [2.24, 2.45) is 0 Å². The maximum absolute atomic E-state index is 8.39.